The average molecular weight is 505 g/mol. The van der Waals surface area contributed by atoms with Crippen LogP contribution in [0.2, 0.25) is 15.1 Å². The van der Waals surface area contributed by atoms with Gasteiger partial charge in [0.25, 0.3) is 5.91 Å². The Morgan fingerprint density at radius 3 is 2.33 bits per heavy atom. The van der Waals surface area contributed by atoms with Crippen molar-refractivity contribution in [2.75, 3.05) is 11.9 Å². The third-order valence-corrected chi connectivity index (χ3v) is 5.49. The second-order valence-corrected chi connectivity index (χ2v) is 8.26. The highest BCUT2D eigenvalue weighted by atomic mass is 35.5. The van der Waals surface area contributed by atoms with E-state index in [1.807, 2.05) is 6.92 Å². The summed E-state index contributed by atoms with van der Waals surface area (Å²) >= 11 is 18.2. The maximum absolute atomic E-state index is 12.0. The van der Waals surface area contributed by atoms with Gasteiger partial charge in [-0.05, 0) is 66.6 Å². The summed E-state index contributed by atoms with van der Waals surface area (Å²) in [6.07, 6.45) is 2.83. The third-order valence-electron chi connectivity index (χ3n) is 4.54. The van der Waals surface area contributed by atoms with E-state index in [0.717, 1.165) is 11.1 Å². The quantitative estimate of drug-likeness (QED) is 0.273. The Labute approximate surface area is 206 Å². The topological polar surface area (TPSA) is 64.6 Å². The van der Waals surface area contributed by atoms with E-state index < -0.39 is 18.5 Å². The average Bonchev–Trinajstić information content (AvgIpc) is 2.78. The molecule has 0 saturated carbocycles. The van der Waals surface area contributed by atoms with E-state index in [2.05, 4.69) is 5.32 Å². The van der Waals surface area contributed by atoms with Gasteiger partial charge in [0.1, 0.15) is 12.4 Å². The standard InChI is InChI=1S/C25H20Cl3NO4/c1-16-13-18(26)8-11-23(16)29-24(30)15-33-25(31)12-7-17-5-9-19(10-6-17)32-14-20-21(27)3-2-4-22(20)28/h2-13H,14-15H2,1H3,(H,29,30)/b12-7+. The Balaban J connectivity index is 1.46. The van der Waals surface area contributed by atoms with Gasteiger partial charge in [0.15, 0.2) is 6.61 Å². The van der Waals surface area contributed by atoms with Gasteiger partial charge >= 0.3 is 5.97 Å². The Kier molecular flexibility index (Phi) is 8.78. The van der Waals surface area contributed by atoms with Crippen molar-refractivity contribution in [3.05, 3.63) is 98.5 Å². The minimum Gasteiger partial charge on any atom is -0.489 e. The predicted octanol–water partition coefficient (Wildman–Crippen LogP) is 6.73. The first-order chi connectivity index (χ1) is 15.8. The van der Waals surface area contributed by atoms with E-state index >= 15 is 0 Å². The van der Waals surface area contributed by atoms with Crippen LogP contribution in [-0.4, -0.2) is 18.5 Å². The molecule has 3 aromatic carbocycles. The molecule has 3 aromatic rings. The number of hydrogen-bond acceptors (Lipinski definition) is 4. The second kappa shape index (κ2) is 11.8. The number of benzene rings is 3. The minimum absolute atomic E-state index is 0.234. The van der Waals surface area contributed by atoms with Crippen LogP contribution in [0.25, 0.3) is 6.08 Å². The van der Waals surface area contributed by atoms with Crippen molar-refractivity contribution in [3.8, 4) is 5.75 Å². The Morgan fingerprint density at radius 1 is 0.970 bits per heavy atom. The first kappa shape index (κ1) is 24.6. The van der Waals surface area contributed by atoms with Crippen LogP contribution in [0.1, 0.15) is 16.7 Å². The molecule has 0 saturated heterocycles. The summed E-state index contributed by atoms with van der Waals surface area (Å²) in [6.45, 7) is 1.65. The number of aryl methyl sites for hydroxylation is 1. The first-order valence-corrected chi connectivity index (χ1v) is 11.0. The lowest BCUT2D eigenvalue weighted by Gasteiger charge is -2.09. The largest absolute Gasteiger partial charge is 0.489 e. The zero-order valence-corrected chi connectivity index (χ0v) is 19.9. The molecule has 0 atom stereocenters. The summed E-state index contributed by atoms with van der Waals surface area (Å²) in [4.78, 5) is 23.9. The van der Waals surface area contributed by atoms with Crippen molar-refractivity contribution >= 4 is 58.4 Å². The molecule has 0 unspecified atom stereocenters. The van der Waals surface area contributed by atoms with Gasteiger partial charge in [0, 0.05) is 32.4 Å². The molecule has 0 aliphatic heterocycles. The molecule has 0 bridgehead atoms. The van der Waals surface area contributed by atoms with Crippen LogP contribution in [0.3, 0.4) is 0 Å². The fourth-order valence-corrected chi connectivity index (χ4v) is 3.54. The molecule has 0 aliphatic rings. The molecule has 0 aliphatic carbocycles. The van der Waals surface area contributed by atoms with E-state index in [0.29, 0.717) is 32.1 Å². The third kappa shape index (κ3) is 7.53. The van der Waals surface area contributed by atoms with Crippen LogP contribution in [0.4, 0.5) is 5.69 Å². The van der Waals surface area contributed by atoms with Crippen LogP contribution < -0.4 is 10.1 Å². The zero-order valence-electron chi connectivity index (χ0n) is 17.6. The highest BCUT2D eigenvalue weighted by molar-refractivity contribution is 6.36. The molecule has 0 heterocycles. The molecule has 1 N–H and O–H groups in total. The van der Waals surface area contributed by atoms with Gasteiger partial charge < -0.3 is 14.8 Å². The Bertz CT molecular complexity index is 1160. The number of halogens is 3. The predicted molar refractivity (Wildman–Crippen MR) is 132 cm³/mol. The van der Waals surface area contributed by atoms with Gasteiger partial charge in [-0.15, -0.1) is 0 Å². The zero-order chi connectivity index (χ0) is 23.8. The fraction of sp³-hybridized carbons (Fsp3) is 0.120. The van der Waals surface area contributed by atoms with E-state index in [-0.39, 0.29) is 6.61 Å². The lowest BCUT2D eigenvalue weighted by Crippen LogP contribution is -2.20. The Morgan fingerprint density at radius 2 is 1.67 bits per heavy atom. The summed E-state index contributed by atoms with van der Waals surface area (Å²) in [5.74, 6) is -0.450. The van der Waals surface area contributed by atoms with Crippen LogP contribution in [0.15, 0.2) is 66.7 Å². The maximum atomic E-state index is 12.0. The number of hydrogen-bond donors (Lipinski definition) is 1. The number of anilines is 1. The highest BCUT2D eigenvalue weighted by Crippen LogP contribution is 2.26. The summed E-state index contributed by atoms with van der Waals surface area (Å²) in [5, 5.41) is 4.33. The first-order valence-electron chi connectivity index (χ1n) is 9.88. The molecule has 1 amide bonds. The van der Waals surface area contributed by atoms with E-state index in [9.17, 15) is 9.59 Å². The van der Waals surface area contributed by atoms with Gasteiger partial charge in [0.2, 0.25) is 0 Å². The second-order valence-electron chi connectivity index (χ2n) is 7.01. The summed E-state index contributed by atoms with van der Waals surface area (Å²) < 4.78 is 10.7. The van der Waals surface area contributed by atoms with Crippen molar-refractivity contribution in [2.45, 2.75) is 13.5 Å². The summed E-state index contributed by atoms with van der Waals surface area (Å²) in [6, 6.07) is 17.4. The summed E-state index contributed by atoms with van der Waals surface area (Å²) in [5.41, 5.74) is 2.89. The van der Waals surface area contributed by atoms with Crippen LogP contribution in [0.5, 0.6) is 5.75 Å². The molecule has 3 rings (SSSR count). The van der Waals surface area contributed by atoms with Crippen LogP contribution in [-0.2, 0) is 20.9 Å². The van der Waals surface area contributed by atoms with Crippen molar-refractivity contribution < 1.29 is 19.1 Å². The van der Waals surface area contributed by atoms with Gasteiger partial charge in [-0.2, -0.15) is 0 Å². The van der Waals surface area contributed by atoms with E-state index in [1.54, 1.807) is 66.7 Å². The van der Waals surface area contributed by atoms with Crippen molar-refractivity contribution in [3.63, 3.8) is 0 Å². The number of ether oxygens (including phenoxy) is 2. The smallest absolute Gasteiger partial charge is 0.331 e. The summed E-state index contributed by atoms with van der Waals surface area (Å²) in [7, 11) is 0. The normalized spacial score (nSPS) is 10.8. The fourth-order valence-electron chi connectivity index (χ4n) is 2.80. The van der Waals surface area contributed by atoms with Gasteiger partial charge in [-0.25, -0.2) is 4.79 Å². The monoisotopic (exact) mass is 503 g/mol. The molecule has 170 valence electrons. The van der Waals surface area contributed by atoms with Gasteiger partial charge in [0.05, 0.1) is 0 Å². The highest BCUT2D eigenvalue weighted by Gasteiger charge is 2.08. The van der Waals surface area contributed by atoms with Crippen molar-refractivity contribution in [2.24, 2.45) is 0 Å². The number of nitrogens with one attached hydrogen (secondary N) is 1. The molecule has 0 spiro atoms. The van der Waals surface area contributed by atoms with E-state index in [1.165, 1.54) is 6.08 Å². The number of esters is 1. The lowest BCUT2D eigenvalue weighted by molar-refractivity contribution is -0.142. The lowest BCUT2D eigenvalue weighted by atomic mass is 10.2. The number of carbonyl (C=O) groups excluding carboxylic acids is 2. The van der Waals surface area contributed by atoms with Gasteiger partial charge in [-0.3, -0.25) is 4.79 Å². The molecule has 33 heavy (non-hydrogen) atoms. The molecule has 0 fully saturated rings. The number of carbonyl (C=O) groups is 2. The number of rotatable bonds is 8. The molecule has 0 aromatic heterocycles. The van der Waals surface area contributed by atoms with Crippen LogP contribution in [0, 0.1) is 6.92 Å². The van der Waals surface area contributed by atoms with Crippen molar-refractivity contribution in [1.29, 1.82) is 0 Å². The molecule has 0 radical (unpaired) electrons. The van der Waals surface area contributed by atoms with Crippen LogP contribution >= 0.6 is 34.8 Å². The van der Waals surface area contributed by atoms with E-state index in [4.69, 9.17) is 44.3 Å². The van der Waals surface area contributed by atoms with Crippen molar-refractivity contribution in [1.82, 2.24) is 0 Å². The Hall–Kier alpha value is -2.99. The molecule has 8 heteroatoms. The molecular weight excluding hydrogens is 485 g/mol. The SMILES string of the molecule is Cc1cc(Cl)ccc1NC(=O)COC(=O)/C=C/c1ccc(OCc2c(Cl)cccc2Cl)cc1. The molecule has 5 nitrogen and oxygen atoms in total. The number of amides is 1. The minimum atomic E-state index is -0.633. The maximum Gasteiger partial charge on any atom is 0.331 e. The molecular formula is C25H20Cl3NO4. The van der Waals surface area contributed by atoms with Gasteiger partial charge in [-0.1, -0.05) is 53.0 Å².